The number of aromatic nitrogens is 3. The van der Waals surface area contributed by atoms with E-state index in [0.29, 0.717) is 27.9 Å². The number of H-pyrrole nitrogens is 1. The molecule has 0 spiro atoms. The quantitative estimate of drug-likeness (QED) is 0.746. The van der Waals surface area contributed by atoms with Gasteiger partial charge in [-0.3, -0.25) is 9.69 Å². The van der Waals surface area contributed by atoms with Crippen molar-refractivity contribution in [2.75, 3.05) is 4.90 Å². The van der Waals surface area contributed by atoms with Gasteiger partial charge < -0.3 is 0 Å². The Morgan fingerprint density at radius 3 is 2.61 bits per heavy atom. The molecule has 0 fully saturated rings. The van der Waals surface area contributed by atoms with Gasteiger partial charge in [-0.2, -0.15) is 5.10 Å². The van der Waals surface area contributed by atoms with Crippen LogP contribution in [0.2, 0.25) is 5.02 Å². The first kappa shape index (κ1) is 13.8. The van der Waals surface area contributed by atoms with Crippen LogP contribution in [0.1, 0.15) is 5.82 Å². The van der Waals surface area contributed by atoms with E-state index in [4.69, 9.17) is 11.6 Å². The lowest BCUT2D eigenvalue weighted by Gasteiger charge is -2.23. The van der Waals surface area contributed by atoms with E-state index in [2.05, 4.69) is 10.2 Å². The lowest BCUT2D eigenvalue weighted by molar-refractivity contribution is -0.117. The van der Waals surface area contributed by atoms with Gasteiger partial charge in [0, 0.05) is 5.69 Å². The zero-order chi connectivity index (χ0) is 16.0. The van der Waals surface area contributed by atoms with E-state index < -0.39 is 5.69 Å². The van der Waals surface area contributed by atoms with Gasteiger partial charge in [-0.05, 0) is 24.3 Å². The van der Waals surface area contributed by atoms with Crippen LogP contribution >= 0.6 is 11.6 Å². The third kappa shape index (κ3) is 2.07. The van der Waals surface area contributed by atoms with Gasteiger partial charge in [0.2, 0.25) is 5.91 Å². The van der Waals surface area contributed by atoms with Crippen molar-refractivity contribution in [3.05, 3.63) is 69.9 Å². The Kier molecular flexibility index (Phi) is 3.06. The maximum atomic E-state index is 12.8. The second kappa shape index (κ2) is 5.10. The Bertz CT molecular complexity index is 962. The van der Waals surface area contributed by atoms with Crippen molar-refractivity contribution in [1.29, 1.82) is 0 Å². The minimum Gasteiger partial charge on any atom is -0.277 e. The second-order valence-electron chi connectivity index (χ2n) is 5.13. The number of nitrogens with zero attached hydrogens (tertiary/aromatic N) is 3. The molecule has 0 atom stereocenters. The Morgan fingerprint density at radius 1 is 1.04 bits per heavy atom. The maximum Gasteiger partial charge on any atom is 0.348 e. The minimum absolute atomic E-state index is 0.00135. The predicted molar refractivity (Wildman–Crippen MR) is 86.5 cm³/mol. The summed E-state index contributed by atoms with van der Waals surface area (Å²) in [5, 5.41) is 6.73. The summed E-state index contributed by atoms with van der Waals surface area (Å²) in [6.45, 7) is 0. The molecule has 0 saturated carbocycles. The van der Waals surface area contributed by atoms with Gasteiger partial charge >= 0.3 is 5.69 Å². The smallest absolute Gasteiger partial charge is 0.277 e. The fourth-order valence-electron chi connectivity index (χ4n) is 2.79. The third-order valence-corrected chi connectivity index (χ3v) is 4.05. The van der Waals surface area contributed by atoms with E-state index in [1.165, 1.54) is 9.47 Å². The third-order valence-electron chi connectivity index (χ3n) is 3.74. The number of anilines is 2. The van der Waals surface area contributed by atoms with Crippen LogP contribution in [0.3, 0.4) is 0 Å². The monoisotopic (exact) mass is 326 g/mol. The lowest BCUT2D eigenvalue weighted by Crippen LogP contribution is -2.27. The molecule has 2 heterocycles. The normalized spacial score (nSPS) is 13.4. The summed E-state index contributed by atoms with van der Waals surface area (Å²) in [5.74, 6) is 0.158. The molecule has 4 rings (SSSR count). The number of rotatable bonds is 1. The SMILES string of the molecule is O=C1Cc2n[nH]c(=O)n2-c2cccc(Cl)c2N1c1ccccc1. The van der Waals surface area contributed by atoms with Gasteiger partial charge in [0.25, 0.3) is 0 Å². The first-order valence-corrected chi connectivity index (χ1v) is 7.38. The van der Waals surface area contributed by atoms with Crippen LogP contribution in [0.15, 0.2) is 53.3 Å². The number of para-hydroxylation sites is 2. The maximum absolute atomic E-state index is 12.8. The number of benzene rings is 2. The van der Waals surface area contributed by atoms with Crippen molar-refractivity contribution >= 4 is 28.9 Å². The standard InChI is InChI=1S/C16H11ClN4O2/c17-11-7-4-8-12-15(11)20(10-5-2-1-3-6-10)14(22)9-13-18-19-16(23)21(12)13/h1-8H,9H2,(H,19,23). The van der Waals surface area contributed by atoms with E-state index in [0.717, 1.165) is 0 Å². The molecule has 3 aromatic rings. The molecule has 0 aliphatic carbocycles. The molecule has 6 nitrogen and oxygen atoms in total. The van der Waals surface area contributed by atoms with E-state index in [1.54, 1.807) is 18.2 Å². The number of hydrogen-bond donors (Lipinski definition) is 1. The van der Waals surface area contributed by atoms with Gasteiger partial charge in [-0.15, -0.1) is 0 Å². The fraction of sp³-hybridized carbons (Fsp3) is 0.0625. The number of aromatic amines is 1. The highest BCUT2D eigenvalue weighted by atomic mass is 35.5. The number of amides is 1. The Labute approximate surface area is 135 Å². The summed E-state index contributed by atoms with van der Waals surface area (Å²) < 4.78 is 1.39. The second-order valence-corrected chi connectivity index (χ2v) is 5.54. The highest BCUT2D eigenvalue weighted by Gasteiger charge is 2.30. The van der Waals surface area contributed by atoms with E-state index >= 15 is 0 Å². The summed E-state index contributed by atoms with van der Waals surface area (Å²) in [6.07, 6.45) is -0.00135. The highest BCUT2D eigenvalue weighted by Crippen LogP contribution is 2.39. The van der Waals surface area contributed by atoms with E-state index in [-0.39, 0.29) is 12.3 Å². The van der Waals surface area contributed by atoms with Crippen molar-refractivity contribution in [1.82, 2.24) is 14.8 Å². The summed E-state index contributed by atoms with van der Waals surface area (Å²) in [6, 6.07) is 14.4. The van der Waals surface area contributed by atoms with E-state index in [9.17, 15) is 9.59 Å². The molecule has 1 aliphatic heterocycles. The highest BCUT2D eigenvalue weighted by molar-refractivity contribution is 6.34. The molecule has 0 saturated heterocycles. The summed E-state index contributed by atoms with van der Waals surface area (Å²) in [4.78, 5) is 26.4. The van der Waals surface area contributed by atoms with Gasteiger partial charge in [0.15, 0.2) is 0 Å². The zero-order valence-corrected chi connectivity index (χ0v) is 12.6. The van der Waals surface area contributed by atoms with Crippen molar-refractivity contribution in [2.24, 2.45) is 0 Å². The Morgan fingerprint density at radius 2 is 1.83 bits per heavy atom. The molecule has 7 heteroatoms. The average molecular weight is 327 g/mol. The van der Waals surface area contributed by atoms with Crippen molar-refractivity contribution in [3.8, 4) is 5.69 Å². The minimum atomic E-state index is -0.397. The van der Waals surface area contributed by atoms with Crippen LogP contribution in [0.25, 0.3) is 5.69 Å². The van der Waals surface area contributed by atoms with Crippen molar-refractivity contribution < 1.29 is 4.79 Å². The molecule has 0 bridgehead atoms. The van der Waals surface area contributed by atoms with Crippen LogP contribution in [-0.2, 0) is 11.2 Å². The summed E-state index contributed by atoms with van der Waals surface area (Å²) in [7, 11) is 0. The van der Waals surface area contributed by atoms with Crippen LogP contribution in [0.5, 0.6) is 0 Å². The molecule has 1 amide bonds. The van der Waals surface area contributed by atoms with Gasteiger partial charge in [-0.1, -0.05) is 35.9 Å². The number of halogens is 1. The molecule has 0 unspecified atom stereocenters. The first-order chi connectivity index (χ1) is 11.2. The van der Waals surface area contributed by atoms with Crippen LogP contribution < -0.4 is 10.6 Å². The van der Waals surface area contributed by atoms with Crippen LogP contribution in [-0.4, -0.2) is 20.7 Å². The molecular weight excluding hydrogens is 316 g/mol. The predicted octanol–water partition coefficient (Wildman–Crippen LogP) is 2.43. The zero-order valence-electron chi connectivity index (χ0n) is 11.9. The first-order valence-electron chi connectivity index (χ1n) is 7.00. The van der Waals surface area contributed by atoms with E-state index in [1.807, 2.05) is 30.3 Å². The lowest BCUT2D eigenvalue weighted by atomic mass is 10.2. The molecule has 114 valence electrons. The Balaban J connectivity index is 2.07. The molecule has 23 heavy (non-hydrogen) atoms. The number of nitrogens with one attached hydrogen (secondary N) is 1. The number of carbonyl (C=O) groups is 1. The number of hydrogen-bond acceptors (Lipinski definition) is 3. The fourth-order valence-corrected chi connectivity index (χ4v) is 3.05. The van der Waals surface area contributed by atoms with Crippen LogP contribution in [0, 0.1) is 0 Å². The molecule has 1 N–H and O–H groups in total. The van der Waals surface area contributed by atoms with Gasteiger partial charge in [-0.25, -0.2) is 14.5 Å². The number of fused-ring (bicyclic) bond motifs is 3. The Hall–Kier alpha value is -2.86. The average Bonchev–Trinajstić information content (AvgIpc) is 2.84. The topological polar surface area (TPSA) is 71.0 Å². The largest absolute Gasteiger partial charge is 0.348 e. The molecule has 2 aromatic carbocycles. The number of carbonyl (C=O) groups excluding carboxylic acids is 1. The summed E-state index contributed by atoms with van der Waals surface area (Å²) in [5.41, 5.74) is 1.30. The molecule has 1 aromatic heterocycles. The molecular formula is C16H11ClN4O2. The van der Waals surface area contributed by atoms with Gasteiger partial charge in [0.05, 0.1) is 22.8 Å². The van der Waals surface area contributed by atoms with Gasteiger partial charge in [0.1, 0.15) is 5.82 Å². The van der Waals surface area contributed by atoms with Crippen molar-refractivity contribution in [2.45, 2.75) is 6.42 Å². The van der Waals surface area contributed by atoms with Crippen LogP contribution in [0.4, 0.5) is 11.4 Å². The summed E-state index contributed by atoms with van der Waals surface area (Å²) >= 11 is 6.37. The molecule has 1 aliphatic rings. The van der Waals surface area contributed by atoms with Crippen molar-refractivity contribution in [3.63, 3.8) is 0 Å². The molecule has 0 radical (unpaired) electrons.